The number of hydrogen-bond acceptors (Lipinski definition) is 2. The van der Waals surface area contributed by atoms with Crippen LogP contribution < -0.4 is 4.90 Å². The molecular formula is C21H24N2O. The van der Waals surface area contributed by atoms with Crippen LogP contribution in [0.3, 0.4) is 0 Å². The van der Waals surface area contributed by atoms with Crippen LogP contribution in [0, 0.1) is 0 Å². The van der Waals surface area contributed by atoms with Crippen LogP contribution in [0.1, 0.15) is 18.9 Å². The third-order valence-corrected chi connectivity index (χ3v) is 4.48. The van der Waals surface area contributed by atoms with Crippen LogP contribution in [0.2, 0.25) is 0 Å². The minimum Gasteiger partial charge on any atom is -0.368 e. The molecule has 2 aromatic carbocycles. The monoisotopic (exact) mass is 320 g/mol. The summed E-state index contributed by atoms with van der Waals surface area (Å²) in [7, 11) is 0. The fourth-order valence-electron chi connectivity index (χ4n) is 3.08. The number of amides is 1. The lowest BCUT2D eigenvalue weighted by Gasteiger charge is -2.36. The first-order chi connectivity index (χ1) is 11.8. The third kappa shape index (κ3) is 3.85. The first kappa shape index (κ1) is 16.3. The van der Waals surface area contributed by atoms with E-state index >= 15 is 0 Å². The molecule has 1 heterocycles. The van der Waals surface area contributed by atoms with Crippen molar-refractivity contribution in [3.63, 3.8) is 0 Å². The van der Waals surface area contributed by atoms with Gasteiger partial charge in [0.25, 0.3) is 0 Å². The molecule has 0 radical (unpaired) electrons. The highest BCUT2D eigenvalue weighted by molar-refractivity contribution is 5.97. The van der Waals surface area contributed by atoms with E-state index in [0.717, 1.165) is 43.7 Å². The largest absolute Gasteiger partial charge is 0.368 e. The first-order valence-corrected chi connectivity index (χ1v) is 8.63. The Morgan fingerprint density at radius 1 is 0.917 bits per heavy atom. The van der Waals surface area contributed by atoms with Crippen molar-refractivity contribution in [2.45, 2.75) is 13.3 Å². The van der Waals surface area contributed by atoms with E-state index in [9.17, 15) is 4.79 Å². The van der Waals surface area contributed by atoms with Gasteiger partial charge in [-0.15, -0.1) is 0 Å². The van der Waals surface area contributed by atoms with E-state index in [-0.39, 0.29) is 5.91 Å². The maximum atomic E-state index is 12.8. The molecule has 1 aliphatic heterocycles. The second-order valence-corrected chi connectivity index (χ2v) is 6.05. The fraction of sp³-hybridized carbons (Fsp3) is 0.286. The van der Waals surface area contributed by atoms with Gasteiger partial charge in [-0.1, -0.05) is 55.5 Å². The number of piperazine rings is 1. The van der Waals surface area contributed by atoms with Crippen LogP contribution in [0.4, 0.5) is 5.69 Å². The molecule has 2 aromatic rings. The summed E-state index contributed by atoms with van der Waals surface area (Å²) in [5.41, 5.74) is 3.21. The zero-order chi connectivity index (χ0) is 16.8. The maximum absolute atomic E-state index is 12.8. The SMILES string of the molecule is CC/C(=C\c1ccccc1)C(=O)N1CCN(c2ccccc2)CC1. The Hall–Kier alpha value is -2.55. The van der Waals surface area contributed by atoms with E-state index in [1.54, 1.807) is 0 Å². The van der Waals surface area contributed by atoms with Gasteiger partial charge in [0.15, 0.2) is 0 Å². The van der Waals surface area contributed by atoms with Gasteiger partial charge in [0.05, 0.1) is 0 Å². The molecule has 0 spiro atoms. The lowest BCUT2D eigenvalue weighted by atomic mass is 10.1. The van der Waals surface area contributed by atoms with Crippen molar-refractivity contribution in [1.29, 1.82) is 0 Å². The lowest BCUT2D eigenvalue weighted by molar-refractivity contribution is -0.127. The number of anilines is 1. The van der Waals surface area contributed by atoms with E-state index in [1.165, 1.54) is 5.69 Å². The molecule has 24 heavy (non-hydrogen) atoms. The zero-order valence-electron chi connectivity index (χ0n) is 14.2. The number of benzene rings is 2. The summed E-state index contributed by atoms with van der Waals surface area (Å²) in [6.45, 7) is 5.38. The van der Waals surface area contributed by atoms with Gasteiger partial charge in [0.2, 0.25) is 5.91 Å². The molecule has 0 atom stereocenters. The van der Waals surface area contributed by atoms with Gasteiger partial charge in [-0.2, -0.15) is 0 Å². The molecule has 1 amide bonds. The molecular weight excluding hydrogens is 296 g/mol. The number of carbonyl (C=O) groups excluding carboxylic acids is 1. The van der Waals surface area contributed by atoms with Gasteiger partial charge >= 0.3 is 0 Å². The van der Waals surface area contributed by atoms with Crippen molar-refractivity contribution in [2.75, 3.05) is 31.1 Å². The van der Waals surface area contributed by atoms with Gasteiger partial charge in [-0.25, -0.2) is 0 Å². The Balaban J connectivity index is 1.65. The Bertz CT molecular complexity index is 686. The van der Waals surface area contributed by atoms with E-state index in [0.29, 0.717) is 0 Å². The highest BCUT2D eigenvalue weighted by Gasteiger charge is 2.22. The van der Waals surface area contributed by atoms with Crippen molar-refractivity contribution < 1.29 is 4.79 Å². The second-order valence-electron chi connectivity index (χ2n) is 6.05. The summed E-state index contributed by atoms with van der Waals surface area (Å²) >= 11 is 0. The molecule has 0 aliphatic carbocycles. The van der Waals surface area contributed by atoms with Crippen molar-refractivity contribution in [2.24, 2.45) is 0 Å². The summed E-state index contributed by atoms with van der Waals surface area (Å²) in [5, 5.41) is 0. The fourth-order valence-corrected chi connectivity index (χ4v) is 3.08. The molecule has 1 saturated heterocycles. The molecule has 3 heteroatoms. The summed E-state index contributed by atoms with van der Waals surface area (Å²) in [5.74, 6) is 0.175. The number of hydrogen-bond donors (Lipinski definition) is 0. The topological polar surface area (TPSA) is 23.6 Å². The van der Waals surface area contributed by atoms with Crippen LogP contribution in [-0.2, 0) is 4.79 Å². The van der Waals surface area contributed by atoms with Crippen LogP contribution in [-0.4, -0.2) is 37.0 Å². The summed E-state index contributed by atoms with van der Waals surface area (Å²) in [6, 6.07) is 20.5. The predicted octanol–water partition coefficient (Wildman–Crippen LogP) is 3.83. The van der Waals surface area contributed by atoms with Crippen molar-refractivity contribution in [3.8, 4) is 0 Å². The van der Waals surface area contributed by atoms with E-state index in [4.69, 9.17) is 0 Å². The van der Waals surface area contributed by atoms with Gasteiger partial charge in [0.1, 0.15) is 0 Å². The second kappa shape index (κ2) is 7.82. The molecule has 3 nitrogen and oxygen atoms in total. The van der Waals surface area contributed by atoms with Crippen LogP contribution in [0.15, 0.2) is 66.2 Å². The van der Waals surface area contributed by atoms with E-state index < -0.39 is 0 Å². The average molecular weight is 320 g/mol. The van der Waals surface area contributed by atoms with E-state index in [2.05, 4.69) is 29.2 Å². The lowest BCUT2D eigenvalue weighted by Crippen LogP contribution is -2.49. The zero-order valence-corrected chi connectivity index (χ0v) is 14.2. The molecule has 1 aliphatic rings. The normalized spacial score (nSPS) is 15.5. The van der Waals surface area contributed by atoms with Crippen LogP contribution in [0.25, 0.3) is 6.08 Å². The molecule has 124 valence electrons. The highest BCUT2D eigenvalue weighted by Crippen LogP contribution is 2.18. The standard InChI is InChI=1S/C21H24N2O/c1-2-19(17-18-9-5-3-6-10-18)21(24)23-15-13-22(14-16-23)20-11-7-4-8-12-20/h3-12,17H,2,13-16H2,1H3/b19-17+. The average Bonchev–Trinajstić information content (AvgIpc) is 2.67. The summed E-state index contributed by atoms with van der Waals surface area (Å²) < 4.78 is 0. The Labute approximate surface area is 144 Å². The molecule has 3 rings (SSSR count). The van der Waals surface area contributed by atoms with Crippen molar-refractivity contribution in [1.82, 2.24) is 4.90 Å². The number of rotatable bonds is 4. The number of para-hydroxylation sites is 1. The van der Waals surface area contributed by atoms with Gasteiger partial charge in [-0.3, -0.25) is 4.79 Å². The molecule has 1 fully saturated rings. The molecule has 0 saturated carbocycles. The molecule has 0 aromatic heterocycles. The van der Waals surface area contributed by atoms with Gasteiger partial charge in [-0.05, 0) is 30.2 Å². The minimum atomic E-state index is 0.175. The summed E-state index contributed by atoms with van der Waals surface area (Å²) in [6.07, 6.45) is 2.78. The number of carbonyl (C=O) groups is 1. The van der Waals surface area contributed by atoms with Crippen molar-refractivity contribution in [3.05, 3.63) is 71.8 Å². The first-order valence-electron chi connectivity index (χ1n) is 8.63. The van der Waals surface area contributed by atoms with Gasteiger partial charge in [0, 0.05) is 37.4 Å². The Morgan fingerprint density at radius 3 is 2.08 bits per heavy atom. The highest BCUT2D eigenvalue weighted by atomic mass is 16.2. The smallest absolute Gasteiger partial charge is 0.249 e. The third-order valence-electron chi connectivity index (χ3n) is 4.48. The molecule has 0 bridgehead atoms. The maximum Gasteiger partial charge on any atom is 0.249 e. The van der Waals surface area contributed by atoms with Crippen LogP contribution >= 0.6 is 0 Å². The molecule has 0 N–H and O–H groups in total. The Kier molecular flexibility index (Phi) is 5.32. The summed E-state index contributed by atoms with van der Waals surface area (Å²) in [4.78, 5) is 17.1. The minimum absolute atomic E-state index is 0.175. The van der Waals surface area contributed by atoms with Crippen LogP contribution in [0.5, 0.6) is 0 Å². The van der Waals surface area contributed by atoms with Gasteiger partial charge < -0.3 is 9.80 Å². The molecule has 0 unspecified atom stereocenters. The number of nitrogens with zero attached hydrogens (tertiary/aromatic N) is 2. The Morgan fingerprint density at radius 2 is 1.50 bits per heavy atom. The van der Waals surface area contributed by atoms with Crippen molar-refractivity contribution >= 4 is 17.7 Å². The van der Waals surface area contributed by atoms with E-state index in [1.807, 2.05) is 54.3 Å². The quantitative estimate of drug-likeness (QED) is 0.799. The predicted molar refractivity (Wildman–Crippen MR) is 99.9 cm³/mol.